The minimum Gasteiger partial charge on any atom is -0.480 e. The molecule has 8 heteroatoms. The van der Waals surface area contributed by atoms with Gasteiger partial charge in [0.05, 0.1) is 17.6 Å². The second kappa shape index (κ2) is 5.44. The standard InChI is InChI=1S/C17H16ClNO6/c18-9-1-2-12-10(3-9)11(20)4-13(25-12)15(23)19-16-6-17(7-16,8-16)24-5-14(21)22/h1-3,13H,4-8H2,(H,19,23)(H,21,22)/t13-,16?,17?/m1/s1. The van der Waals surface area contributed by atoms with E-state index in [0.29, 0.717) is 35.6 Å². The number of carboxylic acids is 1. The molecule has 0 unspecified atom stereocenters. The van der Waals surface area contributed by atoms with Gasteiger partial charge in [0.2, 0.25) is 0 Å². The summed E-state index contributed by atoms with van der Waals surface area (Å²) in [5.74, 6) is -1.15. The Kier molecular flexibility index (Phi) is 3.56. The zero-order chi connectivity index (χ0) is 17.8. The Hall–Kier alpha value is -2.12. The molecule has 1 aromatic rings. The van der Waals surface area contributed by atoms with Crippen LogP contribution >= 0.6 is 11.6 Å². The fourth-order valence-corrected chi connectivity index (χ4v) is 4.15. The van der Waals surface area contributed by atoms with Gasteiger partial charge < -0.3 is 19.9 Å². The Morgan fingerprint density at radius 3 is 2.76 bits per heavy atom. The van der Waals surface area contributed by atoms with Crippen LogP contribution in [0.2, 0.25) is 5.02 Å². The SMILES string of the molecule is O=C(O)COC12CC(NC(=O)[C@H]3CC(=O)c4cc(Cl)ccc4O3)(C1)C2. The number of benzene rings is 1. The second-order valence-electron chi connectivity index (χ2n) is 7.04. The van der Waals surface area contributed by atoms with E-state index in [1.54, 1.807) is 12.1 Å². The molecular weight excluding hydrogens is 350 g/mol. The molecule has 1 atom stereocenters. The van der Waals surface area contributed by atoms with E-state index < -0.39 is 17.7 Å². The van der Waals surface area contributed by atoms with Gasteiger partial charge in [-0.05, 0) is 37.5 Å². The van der Waals surface area contributed by atoms with E-state index in [0.717, 1.165) is 0 Å². The van der Waals surface area contributed by atoms with Gasteiger partial charge in [-0.3, -0.25) is 9.59 Å². The largest absolute Gasteiger partial charge is 0.480 e. The average molecular weight is 366 g/mol. The molecule has 1 heterocycles. The van der Waals surface area contributed by atoms with Crippen LogP contribution in [0.15, 0.2) is 18.2 Å². The summed E-state index contributed by atoms with van der Waals surface area (Å²) in [6, 6.07) is 4.74. The lowest BCUT2D eigenvalue weighted by Gasteiger charge is -2.69. The number of carbonyl (C=O) groups excluding carboxylic acids is 2. The Balaban J connectivity index is 1.36. The number of nitrogens with one attached hydrogen (secondary N) is 1. The lowest BCUT2D eigenvalue weighted by atomic mass is 9.46. The van der Waals surface area contributed by atoms with E-state index in [1.807, 2.05) is 0 Å². The number of carbonyl (C=O) groups is 3. The molecule has 1 aliphatic heterocycles. The molecule has 4 aliphatic rings. The summed E-state index contributed by atoms with van der Waals surface area (Å²) in [6.45, 7) is -0.330. The maximum Gasteiger partial charge on any atom is 0.329 e. The molecule has 3 aliphatic carbocycles. The molecule has 3 fully saturated rings. The van der Waals surface area contributed by atoms with Crippen molar-refractivity contribution in [2.24, 2.45) is 0 Å². The minimum absolute atomic E-state index is 0.0318. The number of halogens is 1. The number of ketones is 1. The van der Waals surface area contributed by atoms with Gasteiger partial charge in [0.25, 0.3) is 5.91 Å². The number of hydrogen-bond acceptors (Lipinski definition) is 5. The maximum atomic E-state index is 12.5. The van der Waals surface area contributed by atoms with Crippen LogP contribution in [0, 0.1) is 0 Å². The Morgan fingerprint density at radius 2 is 2.08 bits per heavy atom. The quantitative estimate of drug-likeness (QED) is 0.821. The van der Waals surface area contributed by atoms with Crippen LogP contribution in [0.1, 0.15) is 36.0 Å². The summed E-state index contributed by atoms with van der Waals surface area (Å²) in [6.07, 6.45) is 0.866. The van der Waals surface area contributed by atoms with Crippen molar-refractivity contribution in [3.05, 3.63) is 28.8 Å². The van der Waals surface area contributed by atoms with Gasteiger partial charge in [0.1, 0.15) is 12.4 Å². The molecule has 0 aromatic heterocycles. The van der Waals surface area contributed by atoms with Gasteiger partial charge in [0.15, 0.2) is 11.9 Å². The smallest absolute Gasteiger partial charge is 0.329 e. The van der Waals surface area contributed by atoms with E-state index in [-0.39, 0.29) is 30.3 Å². The molecule has 0 saturated heterocycles. The van der Waals surface area contributed by atoms with E-state index in [2.05, 4.69) is 5.32 Å². The van der Waals surface area contributed by atoms with Gasteiger partial charge >= 0.3 is 5.97 Å². The van der Waals surface area contributed by atoms with Gasteiger partial charge in [-0.1, -0.05) is 11.6 Å². The van der Waals surface area contributed by atoms with E-state index in [9.17, 15) is 14.4 Å². The molecule has 132 valence electrons. The molecule has 1 aromatic carbocycles. The van der Waals surface area contributed by atoms with Crippen LogP contribution in [-0.2, 0) is 14.3 Å². The fourth-order valence-electron chi connectivity index (χ4n) is 3.98. The van der Waals surface area contributed by atoms with Crippen molar-refractivity contribution in [2.75, 3.05) is 6.61 Å². The highest BCUT2D eigenvalue weighted by Crippen LogP contribution is 2.62. The van der Waals surface area contributed by atoms with Gasteiger partial charge in [-0.15, -0.1) is 0 Å². The number of aliphatic carboxylic acids is 1. The maximum absolute atomic E-state index is 12.5. The third kappa shape index (κ3) is 2.77. The first-order valence-corrected chi connectivity index (χ1v) is 8.35. The normalized spacial score (nSPS) is 31.9. The van der Waals surface area contributed by atoms with Gasteiger partial charge in [-0.25, -0.2) is 4.79 Å². The van der Waals surface area contributed by atoms with Crippen molar-refractivity contribution >= 4 is 29.3 Å². The highest BCUT2D eigenvalue weighted by Gasteiger charge is 2.70. The molecule has 0 radical (unpaired) electrons. The number of rotatable bonds is 5. The molecule has 2 N–H and O–H groups in total. The van der Waals surface area contributed by atoms with Crippen molar-refractivity contribution in [3.8, 4) is 5.75 Å². The van der Waals surface area contributed by atoms with Crippen LogP contribution in [-0.4, -0.2) is 46.6 Å². The molecule has 2 bridgehead atoms. The molecular formula is C17H16ClNO6. The Labute approximate surface area is 148 Å². The zero-order valence-electron chi connectivity index (χ0n) is 13.2. The topological polar surface area (TPSA) is 102 Å². The third-order valence-electron chi connectivity index (χ3n) is 5.05. The molecule has 5 rings (SSSR count). The summed E-state index contributed by atoms with van der Waals surface area (Å²) in [5.41, 5.74) is -0.386. The van der Waals surface area contributed by atoms with Crippen molar-refractivity contribution in [1.29, 1.82) is 0 Å². The first-order valence-electron chi connectivity index (χ1n) is 7.97. The number of fused-ring (bicyclic) bond motifs is 1. The first-order chi connectivity index (χ1) is 11.8. The lowest BCUT2D eigenvalue weighted by Crippen LogP contribution is -2.80. The zero-order valence-corrected chi connectivity index (χ0v) is 14.0. The molecule has 0 spiro atoms. The number of Topliss-reactive ketones (excluding diaryl/α,β-unsaturated/α-hetero) is 1. The van der Waals surface area contributed by atoms with Crippen LogP contribution in [0.5, 0.6) is 5.75 Å². The highest BCUT2D eigenvalue weighted by atomic mass is 35.5. The third-order valence-corrected chi connectivity index (χ3v) is 5.28. The van der Waals surface area contributed by atoms with Crippen molar-refractivity contribution in [3.63, 3.8) is 0 Å². The van der Waals surface area contributed by atoms with E-state index >= 15 is 0 Å². The van der Waals surface area contributed by atoms with Crippen LogP contribution in [0.25, 0.3) is 0 Å². The molecule has 1 amide bonds. The predicted molar refractivity (Wildman–Crippen MR) is 85.9 cm³/mol. The van der Waals surface area contributed by atoms with Crippen LogP contribution in [0.4, 0.5) is 0 Å². The number of hydrogen-bond donors (Lipinski definition) is 2. The summed E-state index contributed by atoms with van der Waals surface area (Å²) >= 11 is 5.88. The number of carboxylic acid groups (broad SMARTS) is 1. The summed E-state index contributed by atoms with van der Waals surface area (Å²) in [4.78, 5) is 35.3. The van der Waals surface area contributed by atoms with E-state index in [1.165, 1.54) is 6.07 Å². The minimum atomic E-state index is -1.00. The summed E-state index contributed by atoms with van der Waals surface area (Å²) in [7, 11) is 0. The predicted octanol–water partition coefficient (Wildman–Crippen LogP) is 1.57. The lowest BCUT2D eigenvalue weighted by molar-refractivity contribution is -0.251. The second-order valence-corrected chi connectivity index (χ2v) is 7.48. The van der Waals surface area contributed by atoms with Crippen molar-refractivity contribution in [2.45, 2.75) is 42.9 Å². The van der Waals surface area contributed by atoms with Crippen LogP contribution < -0.4 is 10.1 Å². The fraction of sp³-hybridized carbons (Fsp3) is 0.471. The van der Waals surface area contributed by atoms with Gasteiger partial charge in [0, 0.05) is 10.6 Å². The first kappa shape index (κ1) is 16.4. The summed E-state index contributed by atoms with van der Waals surface area (Å²) in [5, 5.41) is 12.0. The number of amides is 1. The Bertz CT molecular complexity index is 772. The van der Waals surface area contributed by atoms with Crippen molar-refractivity contribution in [1.82, 2.24) is 5.32 Å². The molecule has 7 nitrogen and oxygen atoms in total. The summed E-state index contributed by atoms with van der Waals surface area (Å²) < 4.78 is 11.0. The molecule has 3 saturated carbocycles. The van der Waals surface area contributed by atoms with Crippen LogP contribution in [0.3, 0.4) is 0 Å². The number of ether oxygens (including phenoxy) is 2. The Morgan fingerprint density at radius 1 is 1.36 bits per heavy atom. The highest BCUT2D eigenvalue weighted by molar-refractivity contribution is 6.31. The monoisotopic (exact) mass is 365 g/mol. The molecule has 25 heavy (non-hydrogen) atoms. The van der Waals surface area contributed by atoms with Crippen molar-refractivity contribution < 1.29 is 29.0 Å². The van der Waals surface area contributed by atoms with Gasteiger partial charge in [-0.2, -0.15) is 0 Å². The van der Waals surface area contributed by atoms with E-state index in [4.69, 9.17) is 26.2 Å². The average Bonchev–Trinajstić information content (AvgIpc) is 2.48.